The van der Waals surface area contributed by atoms with E-state index in [-0.39, 0.29) is 54.9 Å². The number of hydrogen-bond acceptors (Lipinski definition) is 6. The van der Waals surface area contributed by atoms with Crippen molar-refractivity contribution in [2.45, 2.75) is 11.4 Å². The van der Waals surface area contributed by atoms with Crippen molar-refractivity contribution in [1.29, 1.82) is 0 Å². The average Bonchev–Trinajstić information content (AvgIpc) is 3.22. The zero-order valence-electron chi connectivity index (χ0n) is 15.9. The average molecular weight is 430 g/mol. The fourth-order valence-electron chi connectivity index (χ4n) is 3.29. The van der Waals surface area contributed by atoms with Crippen LogP contribution in [-0.4, -0.2) is 69.9 Å². The molecule has 1 saturated heterocycles. The van der Waals surface area contributed by atoms with Gasteiger partial charge in [0.25, 0.3) is 0 Å². The second kappa shape index (κ2) is 8.28. The molecule has 2 aromatic carbocycles. The first-order chi connectivity index (χ1) is 14.5. The molecule has 0 aliphatic carbocycles. The standard InChI is InChI=1S/C19H19FN6O3S/c20-17-9-5-4-8-16(17)19-21-22-23-26(19)14-18(27)24-10-12-25(13-11-24)30(28,29)15-6-2-1-3-7-15/h1-9H,10-14H2. The van der Waals surface area contributed by atoms with Crippen molar-refractivity contribution in [3.63, 3.8) is 0 Å². The highest BCUT2D eigenvalue weighted by molar-refractivity contribution is 7.89. The van der Waals surface area contributed by atoms with Crippen LogP contribution in [-0.2, 0) is 21.4 Å². The molecule has 0 saturated carbocycles. The Balaban J connectivity index is 1.42. The fourth-order valence-corrected chi connectivity index (χ4v) is 4.74. The molecule has 30 heavy (non-hydrogen) atoms. The van der Waals surface area contributed by atoms with Gasteiger partial charge in [-0.05, 0) is 34.7 Å². The van der Waals surface area contributed by atoms with E-state index in [1.54, 1.807) is 47.4 Å². The summed E-state index contributed by atoms with van der Waals surface area (Å²) in [5.41, 5.74) is 0.203. The van der Waals surface area contributed by atoms with E-state index >= 15 is 0 Å². The minimum Gasteiger partial charge on any atom is -0.338 e. The molecule has 1 amide bonds. The van der Waals surface area contributed by atoms with Gasteiger partial charge in [0.2, 0.25) is 15.9 Å². The van der Waals surface area contributed by atoms with E-state index < -0.39 is 15.8 Å². The number of benzene rings is 2. The summed E-state index contributed by atoms with van der Waals surface area (Å²) in [6.45, 7) is 0.726. The lowest BCUT2D eigenvalue weighted by Crippen LogP contribution is -2.51. The number of halogens is 1. The summed E-state index contributed by atoms with van der Waals surface area (Å²) in [6, 6.07) is 14.2. The van der Waals surface area contributed by atoms with Crippen molar-refractivity contribution in [1.82, 2.24) is 29.4 Å². The van der Waals surface area contributed by atoms with Crippen LogP contribution in [0.1, 0.15) is 0 Å². The van der Waals surface area contributed by atoms with Crippen LogP contribution in [0.2, 0.25) is 0 Å². The van der Waals surface area contributed by atoms with Crippen LogP contribution >= 0.6 is 0 Å². The SMILES string of the molecule is O=C(Cn1nnnc1-c1ccccc1F)N1CCN(S(=O)(=O)c2ccccc2)CC1. The van der Waals surface area contributed by atoms with Gasteiger partial charge in [0.05, 0.1) is 10.5 Å². The summed E-state index contributed by atoms with van der Waals surface area (Å²) in [6.07, 6.45) is 0. The molecule has 0 atom stereocenters. The van der Waals surface area contributed by atoms with Crippen molar-refractivity contribution >= 4 is 15.9 Å². The Morgan fingerprint density at radius 2 is 1.63 bits per heavy atom. The lowest BCUT2D eigenvalue weighted by molar-refractivity contribution is -0.133. The third kappa shape index (κ3) is 3.94. The summed E-state index contributed by atoms with van der Waals surface area (Å²) in [7, 11) is -3.59. The van der Waals surface area contributed by atoms with Gasteiger partial charge in [0.1, 0.15) is 12.4 Å². The second-order valence-electron chi connectivity index (χ2n) is 6.74. The van der Waals surface area contributed by atoms with Crippen molar-refractivity contribution in [3.8, 4) is 11.4 Å². The maximum Gasteiger partial charge on any atom is 0.244 e. The Bertz CT molecular complexity index is 1140. The number of hydrogen-bond donors (Lipinski definition) is 0. The van der Waals surface area contributed by atoms with Gasteiger partial charge < -0.3 is 4.90 Å². The quantitative estimate of drug-likeness (QED) is 0.599. The zero-order valence-corrected chi connectivity index (χ0v) is 16.7. The normalized spacial score (nSPS) is 15.3. The van der Waals surface area contributed by atoms with E-state index in [4.69, 9.17) is 0 Å². The smallest absolute Gasteiger partial charge is 0.244 e. The van der Waals surface area contributed by atoms with Gasteiger partial charge in [0.15, 0.2) is 5.82 Å². The van der Waals surface area contributed by atoms with Gasteiger partial charge in [-0.3, -0.25) is 4.79 Å². The predicted octanol–water partition coefficient (Wildman–Crippen LogP) is 1.01. The molecule has 1 aliphatic heterocycles. The molecular formula is C19H19FN6O3S. The highest BCUT2D eigenvalue weighted by Crippen LogP contribution is 2.20. The molecule has 156 valence electrons. The third-order valence-corrected chi connectivity index (χ3v) is 6.82. The monoisotopic (exact) mass is 430 g/mol. The summed E-state index contributed by atoms with van der Waals surface area (Å²) in [5, 5.41) is 11.2. The number of carbonyl (C=O) groups is 1. The molecule has 0 bridgehead atoms. The molecule has 0 radical (unpaired) electrons. The zero-order chi connectivity index (χ0) is 21.1. The van der Waals surface area contributed by atoms with Crippen molar-refractivity contribution in [2.24, 2.45) is 0 Å². The van der Waals surface area contributed by atoms with Crippen LogP contribution in [0, 0.1) is 5.82 Å². The first-order valence-corrected chi connectivity index (χ1v) is 10.7. The fraction of sp³-hybridized carbons (Fsp3) is 0.263. The Kier molecular flexibility index (Phi) is 5.55. The maximum absolute atomic E-state index is 14.1. The van der Waals surface area contributed by atoms with E-state index in [1.165, 1.54) is 21.1 Å². The van der Waals surface area contributed by atoms with E-state index in [0.29, 0.717) is 0 Å². The summed E-state index contributed by atoms with van der Waals surface area (Å²) in [5.74, 6) is -0.593. The minimum absolute atomic E-state index is 0.159. The van der Waals surface area contributed by atoms with Crippen LogP contribution in [0.5, 0.6) is 0 Å². The summed E-state index contributed by atoms with van der Waals surface area (Å²) in [4.78, 5) is 14.5. The maximum atomic E-state index is 14.1. The van der Waals surface area contributed by atoms with E-state index in [9.17, 15) is 17.6 Å². The summed E-state index contributed by atoms with van der Waals surface area (Å²) >= 11 is 0. The second-order valence-corrected chi connectivity index (χ2v) is 8.68. The van der Waals surface area contributed by atoms with Crippen LogP contribution in [0.4, 0.5) is 4.39 Å². The van der Waals surface area contributed by atoms with Crippen molar-refractivity contribution in [3.05, 3.63) is 60.4 Å². The Labute approximate surface area is 172 Å². The van der Waals surface area contributed by atoms with Crippen molar-refractivity contribution in [2.75, 3.05) is 26.2 Å². The van der Waals surface area contributed by atoms with Gasteiger partial charge in [-0.15, -0.1) is 5.10 Å². The van der Waals surface area contributed by atoms with E-state index in [0.717, 1.165) is 0 Å². The molecule has 11 heteroatoms. The largest absolute Gasteiger partial charge is 0.338 e. The first-order valence-electron chi connectivity index (χ1n) is 9.31. The van der Waals surface area contributed by atoms with E-state index in [1.807, 2.05) is 0 Å². The number of nitrogens with zero attached hydrogens (tertiary/aromatic N) is 6. The van der Waals surface area contributed by atoms with Gasteiger partial charge in [-0.1, -0.05) is 30.3 Å². The van der Waals surface area contributed by atoms with Crippen LogP contribution in [0.3, 0.4) is 0 Å². The molecule has 4 rings (SSSR count). The Morgan fingerprint density at radius 3 is 2.33 bits per heavy atom. The number of sulfonamides is 1. The van der Waals surface area contributed by atoms with Gasteiger partial charge in [-0.2, -0.15) is 4.31 Å². The molecule has 1 fully saturated rings. The third-order valence-electron chi connectivity index (χ3n) is 4.90. The lowest BCUT2D eigenvalue weighted by Gasteiger charge is -2.34. The molecule has 0 N–H and O–H groups in total. The Morgan fingerprint density at radius 1 is 0.967 bits per heavy atom. The highest BCUT2D eigenvalue weighted by atomic mass is 32.2. The lowest BCUT2D eigenvalue weighted by atomic mass is 10.2. The topological polar surface area (TPSA) is 101 Å². The molecule has 9 nitrogen and oxygen atoms in total. The van der Waals surface area contributed by atoms with Gasteiger partial charge in [0, 0.05) is 26.2 Å². The number of amides is 1. The van der Waals surface area contributed by atoms with Gasteiger partial charge >= 0.3 is 0 Å². The first kappa shape index (κ1) is 20.1. The van der Waals surface area contributed by atoms with Crippen LogP contribution in [0.15, 0.2) is 59.5 Å². The highest BCUT2D eigenvalue weighted by Gasteiger charge is 2.30. The number of tetrazole rings is 1. The number of rotatable bonds is 5. The van der Waals surface area contributed by atoms with Gasteiger partial charge in [-0.25, -0.2) is 17.5 Å². The number of piperazine rings is 1. The van der Waals surface area contributed by atoms with Crippen LogP contribution < -0.4 is 0 Å². The molecule has 3 aromatic rings. The molecule has 1 aliphatic rings. The number of carbonyl (C=O) groups excluding carboxylic acids is 1. The summed E-state index contributed by atoms with van der Waals surface area (Å²) < 4.78 is 42.1. The van der Waals surface area contributed by atoms with E-state index in [2.05, 4.69) is 15.5 Å². The molecule has 0 unspecified atom stereocenters. The van der Waals surface area contributed by atoms with Crippen molar-refractivity contribution < 1.29 is 17.6 Å². The molecule has 0 spiro atoms. The molecular weight excluding hydrogens is 411 g/mol. The molecule has 2 heterocycles. The minimum atomic E-state index is -3.59. The Hall–Kier alpha value is -3.18. The number of aromatic nitrogens is 4. The molecule has 1 aromatic heterocycles. The van der Waals surface area contributed by atoms with Crippen LogP contribution in [0.25, 0.3) is 11.4 Å². The predicted molar refractivity (Wildman–Crippen MR) is 105 cm³/mol.